The number of rotatable bonds is 7. The first-order chi connectivity index (χ1) is 12.3. The minimum absolute atomic E-state index is 0. The van der Waals surface area contributed by atoms with Gasteiger partial charge < -0.3 is 14.8 Å². The first-order valence-electron chi connectivity index (χ1n) is 7.78. The summed E-state index contributed by atoms with van der Waals surface area (Å²) >= 11 is 0. The van der Waals surface area contributed by atoms with Gasteiger partial charge in [0.2, 0.25) is 5.60 Å². The molecule has 0 aliphatic rings. The summed E-state index contributed by atoms with van der Waals surface area (Å²) < 4.78 is 41.0. The minimum atomic E-state index is -4.49. The highest BCUT2D eigenvalue weighted by Crippen LogP contribution is 2.22. The number of halogens is 1. The van der Waals surface area contributed by atoms with Crippen molar-refractivity contribution >= 4 is 33.3 Å². The van der Waals surface area contributed by atoms with Crippen LogP contribution in [0.2, 0.25) is 0 Å². The van der Waals surface area contributed by atoms with Crippen molar-refractivity contribution in [2.24, 2.45) is 0 Å². The van der Waals surface area contributed by atoms with Crippen LogP contribution in [0, 0.1) is 0 Å². The van der Waals surface area contributed by atoms with Crippen LogP contribution in [-0.2, 0) is 34.0 Å². The Labute approximate surface area is 163 Å². The molecule has 11 heteroatoms. The summed E-state index contributed by atoms with van der Waals surface area (Å²) in [5.41, 5.74) is -1.88. The van der Waals surface area contributed by atoms with Crippen molar-refractivity contribution in [3.8, 4) is 0 Å². The summed E-state index contributed by atoms with van der Waals surface area (Å²) in [6, 6.07) is 5.28. The van der Waals surface area contributed by atoms with Crippen LogP contribution in [0.15, 0.2) is 29.2 Å². The van der Waals surface area contributed by atoms with E-state index in [1.165, 1.54) is 53.2 Å². The first kappa shape index (κ1) is 28.0. The molecule has 28 heavy (non-hydrogen) atoms. The molecule has 0 radical (unpaired) electrons. The average molecular weight is 423 g/mol. The zero-order chi connectivity index (χ0) is 21.4. The van der Waals surface area contributed by atoms with E-state index in [9.17, 15) is 22.8 Å². The van der Waals surface area contributed by atoms with Crippen molar-refractivity contribution in [1.82, 2.24) is 0 Å². The third kappa shape index (κ3) is 7.80. The van der Waals surface area contributed by atoms with Crippen LogP contribution in [0.1, 0.15) is 27.7 Å². The van der Waals surface area contributed by atoms with Crippen molar-refractivity contribution in [2.45, 2.75) is 44.3 Å². The number of ketones is 2. The van der Waals surface area contributed by atoms with Gasteiger partial charge in [-0.25, -0.2) is 0 Å². The molecule has 0 saturated heterocycles. The molecule has 0 spiro atoms. The molecule has 0 fully saturated rings. The molecule has 1 aromatic rings. The number of para-hydroxylation sites is 1. The number of nitrogens with one attached hydrogen (secondary N) is 1. The van der Waals surface area contributed by atoms with Gasteiger partial charge in [0.25, 0.3) is 16.0 Å². The van der Waals surface area contributed by atoms with Gasteiger partial charge in [-0.2, -0.15) is 8.42 Å². The second-order valence-corrected chi connectivity index (χ2v) is 7.10. The smallest absolute Gasteiger partial charge is 0.296 e. The van der Waals surface area contributed by atoms with E-state index in [1.54, 1.807) is 6.92 Å². The highest BCUT2D eigenvalue weighted by Gasteiger charge is 2.39. The molecular formula is C17H26FNO8S. The number of benzene rings is 1. The fourth-order valence-electron chi connectivity index (χ4n) is 1.60. The highest BCUT2D eigenvalue weighted by molar-refractivity contribution is 7.86. The van der Waals surface area contributed by atoms with Crippen molar-refractivity contribution in [3.63, 3.8) is 0 Å². The van der Waals surface area contributed by atoms with E-state index in [4.69, 9.17) is 9.29 Å². The number of methoxy groups -OCH3 is 2. The molecule has 2 unspecified atom stereocenters. The highest BCUT2D eigenvalue weighted by atomic mass is 32.2. The maximum atomic E-state index is 12.1. The molecule has 0 bridgehead atoms. The van der Waals surface area contributed by atoms with Gasteiger partial charge in [-0.1, -0.05) is 12.1 Å². The van der Waals surface area contributed by atoms with E-state index in [0.29, 0.717) is 0 Å². The second-order valence-electron chi connectivity index (χ2n) is 5.71. The fourth-order valence-corrected chi connectivity index (χ4v) is 2.25. The number of Topliss-reactive ketones (excluding diaryl/α,β-unsaturated/α-hetero) is 2. The summed E-state index contributed by atoms with van der Waals surface area (Å²) in [7, 11) is -1.78. The summed E-state index contributed by atoms with van der Waals surface area (Å²) in [4.78, 5) is 33.3. The number of carbonyl (C=O) groups excluding carboxylic acids is 3. The van der Waals surface area contributed by atoms with Crippen LogP contribution in [0.5, 0.6) is 0 Å². The Hall–Kier alpha value is -2.21. The van der Waals surface area contributed by atoms with Gasteiger partial charge in [-0.3, -0.25) is 23.6 Å². The predicted molar refractivity (Wildman–Crippen MR) is 101 cm³/mol. The van der Waals surface area contributed by atoms with Crippen molar-refractivity contribution in [3.05, 3.63) is 24.3 Å². The average Bonchev–Trinajstić information content (AvgIpc) is 2.59. The lowest BCUT2D eigenvalue weighted by Crippen LogP contribution is -2.47. The van der Waals surface area contributed by atoms with E-state index in [1.807, 2.05) is 0 Å². The van der Waals surface area contributed by atoms with E-state index < -0.39 is 32.3 Å². The van der Waals surface area contributed by atoms with Crippen LogP contribution < -0.4 is 5.32 Å². The third-order valence-electron chi connectivity index (χ3n) is 3.85. The molecule has 0 heterocycles. The quantitative estimate of drug-likeness (QED) is 0.499. The fraction of sp³-hybridized carbons (Fsp3) is 0.471. The zero-order valence-electron chi connectivity index (χ0n) is 16.5. The van der Waals surface area contributed by atoms with Gasteiger partial charge in [0, 0.05) is 14.2 Å². The Kier molecular flexibility index (Phi) is 11.6. The van der Waals surface area contributed by atoms with E-state index in [-0.39, 0.29) is 22.3 Å². The van der Waals surface area contributed by atoms with E-state index >= 15 is 0 Å². The maximum absolute atomic E-state index is 12.1. The number of amides is 1. The van der Waals surface area contributed by atoms with Crippen molar-refractivity contribution in [1.29, 1.82) is 0 Å². The normalized spacial score (nSPS) is 13.7. The third-order valence-corrected chi connectivity index (χ3v) is 4.76. The van der Waals surface area contributed by atoms with Crippen molar-refractivity contribution < 1.29 is 41.5 Å². The first-order valence-corrected chi connectivity index (χ1v) is 9.22. The monoisotopic (exact) mass is 423 g/mol. The molecule has 0 aliphatic carbocycles. The summed E-state index contributed by atoms with van der Waals surface area (Å²) in [6.07, 6.45) is -0.236. The Morgan fingerprint density at radius 1 is 1.14 bits per heavy atom. The van der Waals surface area contributed by atoms with Gasteiger partial charge in [0.1, 0.15) is 11.0 Å². The van der Waals surface area contributed by atoms with E-state index in [2.05, 4.69) is 10.1 Å². The molecule has 1 rings (SSSR count). The topological polar surface area (TPSA) is 136 Å². The molecule has 1 amide bonds. The largest absolute Gasteiger partial charge is 0.374 e. The van der Waals surface area contributed by atoms with Gasteiger partial charge in [0.05, 0.1) is 5.69 Å². The number of hydrogen-bond acceptors (Lipinski definition) is 7. The predicted octanol–water partition coefficient (Wildman–Crippen LogP) is 1.63. The SMILES string of the molecule is COC(C)(C(C)=O)C(=O)Nc1ccccc1S(=O)(=O)O.COC(C)C(C)=O.F. The summed E-state index contributed by atoms with van der Waals surface area (Å²) in [6.45, 7) is 5.68. The second kappa shape index (κ2) is 11.6. The number of anilines is 1. The molecule has 1 aromatic carbocycles. The number of hydrogen-bond donors (Lipinski definition) is 2. The Morgan fingerprint density at radius 3 is 1.96 bits per heavy atom. The van der Waals surface area contributed by atoms with Crippen LogP contribution >= 0.6 is 0 Å². The summed E-state index contributed by atoms with van der Waals surface area (Å²) in [5, 5.41) is 2.27. The maximum Gasteiger partial charge on any atom is 0.296 e. The molecule has 2 N–H and O–H groups in total. The van der Waals surface area contributed by atoms with E-state index in [0.717, 1.165) is 6.07 Å². The molecular weight excluding hydrogens is 397 g/mol. The lowest BCUT2D eigenvalue weighted by Gasteiger charge is -2.24. The molecule has 160 valence electrons. The molecule has 9 nitrogen and oxygen atoms in total. The Bertz CT molecular complexity index is 796. The number of carbonyl (C=O) groups is 3. The molecule has 2 atom stereocenters. The minimum Gasteiger partial charge on any atom is -0.374 e. The molecule has 0 aromatic heterocycles. The number of ether oxygens (including phenoxy) is 2. The van der Waals surface area contributed by atoms with Gasteiger partial charge in [0.15, 0.2) is 11.6 Å². The van der Waals surface area contributed by atoms with Crippen molar-refractivity contribution in [2.75, 3.05) is 19.5 Å². The van der Waals surface area contributed by atoms with Crippen LogP contribution in [0.3, 0.4) is 0 Å². The van der Waals surface area contributed by atoms with Gasteiger partial charge in [-0.05, 0) is 39.8 Å². The van der Waals surface area contributed by atoms with Crippen LogP contribution in [0.25, 0.3) is 0 Å². The molecule has 0 saturated carbocycles. The lowest BCUT2D eigenvalue weighted by atomic mass is 10.0. The zero-order valence-corrected chi connectivity index (χ0v) is 17.3. The Balaban J connectivity index is 0. The standard InChI is InChI=1S/C12H15NO6S.C5H10O2.FH/c1-8(14)12(2,19-3)11(15)13-9-6-4-5-7-10(9)20(16,17)18;1-4(6)5(2)7-3;/h4-7H,1-3H3,(H,13,15)(H,16,17,18);5H,1-3H3;1H. The van der Waals surface area contributed by atoms with Crippen LogP contribution in [-0.4, -0.2) is 56.4 Å². The van der Waals surface area contributed by atoms with Gasteiger partial charge >= 0.3 is 0 Å². The summed E-state index contributed by atoms with van der Waals surface area (Å²) in [5.74, 6) is -1.30. The molecule has 0 aliphatic heterocycles. The van der Waals surface area contributed by atoms with Crippen LogP contribution in [0.4, 0.5) is 10.4 Å². The lowest BCUT2D eigenvalue weighted by molar-refractivity contribution is -0.149. The van der Waals surface area contributed by atoms with Gasteiger partial charge in [-0.15, -0.1) is 0 Å². The Morgan fingerprint density at radius 2 is 1.64 bits per heavy atom.